The van der Waals surface area contributed by atoms with E-state index in [1.165, 1.54) is 56.2 Å². The van der Waals surface area contributed by atoms with Crippen LogP contribution in [0.4, 0.5) is 0 Å². The number of piperidine rings is 1. The number of hydrogen-bond donors (Lipinski definition) is 2. The van der Waals surface area contributed by atoms with E-state index >= 15 is 0 Å². The molecule has 0 aromatic heterocycles. The van der Waals surface area contributed by atoms with Crippen molar-refractivity contribution in [2.24, 2.45) is 0 Å². The highest BCUT2D eigenvalue weighted by atomic mass is 14.9. The van der Waals surface area contributed by atoms with Gasteiger partial charge >= 0.3 is 0 Å². The molecular weight excluding hydrogens is 232 g/mol. The number of nitrogens with one attached hydrogen (secondary N) is 2. The van der Waals surface area contributed by atoms with Gasteiger partial charge in [0.2, 0.25) is 0 Å². The Kier molecular flexibility index (Phi) is 5.87. The highest BCUT2D eigenvalue weighted by molar-refractivity contribution is 5.25. The molecule has 106 valence electrons. The maximum atomic E-state index is 3.65. The van der Waals surface area contributed by atoms with E-state index in [9.17, 15) is 0 Å². The molecule has 0 spiro atoms. The Morgan fingerprint density at radius 2 is 2.05 bits per heavy atom. The topological polar surface area (TPSA) is 24.1 Å². The van der Waals surface area contributed by atoms with Gasteiger partial charge in [0.1, 0.15) is 0 Å². The smallest absolute Gasteiger partial charge is 0.0332 e. The number of hydrogen-bond acceptors (Lipinski definition) is 2. The van der Waals surface area contributed by atoms with E-state index < -0.39 is 0 Å². The van der Waals surface area contributed by atoms with Crippen molar-refractivity contribution in [3.8, 4) is 0 Å². The third kappa shape index (κ3) is 4.32. The van der Waals surface area contributed by atoms with Crippen LogP contribution in [0.3, 0.4) is 0 Å². The van der Waals surface area contributed by atoms with Crippen molar-refractivity contribution in [2.45, 2.75) is 57.5 Å². The Morgan fingerprint density at radius 3 is 2.63 bits per heavy atom. The molecule has 2 unspecified atom stereocenters. The van der Waals surface area contributed by atoms with Crippen molar-refractivity contribution in [1.29, 1.82) is 0 Å². The van der Waals surface area contributed by atoms with Crippen LogP contribution in [0.25, 0.3) is 0 Å². The van der Waals surface area contributed by atoms with Gasteiger partial charge in [-0.3, -0.25) is 0 Å². The molecular formula is C17H28N2. The molecule has 2 rings (SSSR count). The minimum atomic E-state index is 0.478. The van der Waals surface area contributed by atoms with Gasteiger partial charge in [-0.15, -0.1) is 0 Å². The standard InChI is InChI=1S/C17H28N2/c1-3-6-14-8-10-15(11-9-14)17(18-2)13-16-7-4-5-12-19-16/h8-11,16-19H,3-7,12-13H2,1-2H3. The van der Waals surface area contributed by atoms with Crippen molar-refractivity contribution in [3.63, 3.8) is 0 Å². The van der Waals surface area contributed by atoms with Gasteiger partial charge in [-0.2, -0.15) is 0 Å². The van der Waals surface area contributed by atoms with Crippen molar-refractivity contribution >= 4 is 0 Å². The van der Waals surface area contributed by atoms with Crippen LogP contribution < -0.4 is 10.6 Å². The van der Waals surface area contributed by atoms with Crippen LogP contribution in [0.5, 0.6) is 0 Å². The molecule has 2 heteroatoms. The van der Waals surface area contributed by atoms with Crippen LogP contribution in [-0.2, 0) is 6.42 Å². The number of aryl methyl sites for hydroxylation is 1. The Balaban J connectivity index is 1.95. The van der Waals surface area contributed by atoms with Gasteiger partial charge in [-0.05, 0) is 50.4 Å². The monoisotopic (exact) mass is 260 g/mol. The van der Waals surface area contributed by atoms with E-state index in [-0.39, 0.29) is 0 Å². The quantitative estimate of drug-likeness (QED) is 0.819. The molecule has 0 bridgehead atoms. The lowest BCUT2D eigenvalue weighted by Crippen LogP contribution is -2.37. The van der Waals surface area contributed by atoms with E-state index in [0.717, 1.165) is 0 Å². The molecule has 0 aliphatic carbocycles. The summed E-state index contributed by atoms with van der Waals surface area (Å²) in [4.78, 5) is 0. The normalized spacial score (nSPS) is 21.3. The first-order chi connectivity index (χ1) is 9.33. The highest BCUT2D eigenvalue weighted by Gasteiger charge is 2.18. The van der Waals surface area contributed by atoms with Crippen LogP contribution in [-0.4, -0.2) is 19.6 Å². The van der Waals surface area contributed by atoms with Crippen LogP contribution in [0.1, 0.15) is 56.2 Å². The van der Waals surface area contributed by atoms with Crippen molar-refractivity contribution in [2.75, 3.05) is 13.6 Å². The Labute approximate surface area is 118 Å². The minimum Gasteiger partial charge on any atom is -0.314 e. The summed E-state index contributed by atoms with van der Waals surface area (Å²) in [5.41, 5.74) is 2.88. The van der Waals surface area contributed by atoms with E-state index in [0.29, 0.717) is 12.1 Å². The molecule has 1 saturated heterocycles. The lowest BCUT2D eigenvalue weighted by molar-refractivity contribution is 0.347. The summed E-state index contributed by atoms with van der Waals surface area (Å²) in [6, 6.07) is 10.3. The van der Waals surface area contributed by atoms with E-state index in [2.05, 4.69) is 48.9 Å². The van der Waals surface area contributed by atoms with E-state index in [4.69, 9.17) is 0 Å². The van der Waals surface area contributed by atoms with Gasteiger partial charge in [0, 0.05) is 12.1 Å². The van der Waals surface area contributed by atoms with Crippen molar-refractivity contribution in [1.82, 2.24) is 10.6 Å². The molecule has 19 heavy (non-hydrogen) atoms. The first kappa shape index (κ1) is 14.5. The van der Waals surface area contributed by atoms with Crippen LogP contribution in [0, 0.1) is 0 Å². The van der Waals surface area contributed by atoms with Crippen molar-refractivity contribution in [3.05, 3.63) is 35.4 Å². The lowest BCUT2D eigenvalue weighted by atomic mass is 9.93. The first-order valence-electron chi connectivity index (χ1n) is 7.83. The second-order valence-electron chi connectivity index (χ2n) is 5.72. The number of rotatable bonds is 6. The molecule has 2 nitrogen and oxygen atoms in total. The van der Waals surface area contributed by atoms with E-state index in [1.54, 1.807) is 0 Å². The summed E-state index contributed by atoms with van der Waals surface area (Å²) in [5.74, 6) is 0. The zero-order chi connectivity index (χ0) is 13.5. The Morgan fingerprint density at radius 1 is 1.26 bits per heavy atom. The van der Waals surface area contributed by atoms with Gasteiger partial charge in [-0.25, -0.2) is 0 Å². The fourth-order valence-electron chi connectivity index (χ4n) is 3.04. The van der Waals surface area contributed by atoms with Gasteiger partial charge in [0.05, 0.1) is 0 Å². The van der Waals surface area contributed by atoms with Gasteiger partial charge in [0.25, 0.3) is 0 Å². The molecule has 2 N–H and O–H groups in total. The van der Waals surface area contributed by atoms with Crippen LogP contribution >= 0.6 is 0 Å². The Hall–Kier alpha value is -0.860. The predicted molar refractivity (Wildman–Crippen MR) is 82.5 cm³/mol. The fraction of sp³-hybridized carbons (Fsp3) is 0.647. The van der Waals surface area contributed by atoms with Crippen molar-refractivity contribution < 1.29 is 0 Å². The summed E-state index contributed by atoms with van der Waals surface area (Å²) >= 11 is 0. The Bertz CT molecular complexity index is 352. The molecule has 1 aromatic carbocycles. The summed E-state index contributed by atoms with van der Waals surface area (Å²) in [5, 5.41) is 7.12. The SMILES string of the molecule is CCCc1ccc(C(CC2CCCCN2)NC)cc1. The molecule has 1 heterocycles. The van der Waals surface area contributed by atoms with Gasteiger partial charge < -0.3 is 10.6 Å². The third-order valence-corrected chi connectivity index (χ3v) is 4.20. The lowest BCUT2D eigenvalue weighted by Gasteiger charge is -2.28. The molecule has 1 aliphatic heterocycles. The molecule has 0 saturated carbocycles. The summed E-state index contributed by atoms with van der Waals surface area (Å²) < 4.78 is 0. The zero-order valence-electron chi connectivity index (χ0n) is 12.4. The van der Waals surface area contributed by atoms with E-state index in [1.807, 2.05) is 0 Å². The zero-order valence-corrected chi connectivity index (χ0v) is 12.4. The molecule has 0 amide bonds. The van der Waals surface area contributed by atoms with Crippen LogP contribution in [0.15, 0.2) is 24.3 Å². The molecule has 1 aliphatic rings. The van der Waals surface area contributed by atoms with Crippen LogP contribution in [0.2, 0.25) is 0 Å². The maximum absolute atomic E-state index is 3.65. The molecule has 0 radical (unpaired) electrons. The molecule has 2 atom stereocenters. The molecule has 1 aromatic rings. The fourth-order valence-corrected chi connectivity index (χ4v) is 3.04. The number of benzene rings is 1. The average molecular weight is 260 g/mol. The summed E-state index contributed by atoms with van der Waals surface area (Å²) in [7, 11) is 2.08. The largest absolute Gasteiger partial charge is 0.314 e. The summed E-state index contributed by atoms with van der Waals surface area (Å²) in [6.07, 6.45) is 7.65. The van der Waals surface area contributed by atoms with Gasteiger partial charge in [-0.1, -0.05) is 44.0 Å². The maximum Gasteiger partial charge on any atom is 0.0332 e. The predicted octanol–water partition coefficient (Wildman–Crippen LogP) is 3.43. The minimum absolute atomic E-state index is 0.478. The highest BCUT2D eigenvalue weighted by Crippen LogP contribution is 2.22. The second-order valence-corrected chi connectivity index (χ2v) is 5.72. The van der Waals surface area contributed by atoms with Gasteiger partial charge in [0.15, 0.2) is 0 Å². The first-order valence-corrected chi connectivity index (χ1v) is 7.83. The molecule has 1 fully saturated rings. The third-order valence-electron chi connectivity index (χ3n) is 4.20. The summed E-state index contributed by atoms with van der Waals surface area (Å²) in [6.45, 7) is 3.43. The second kappa shape index (κ2) is 7.66. The average Bonchev–Trinajstić information content (AvgIpc) is 2.47.